The number of rotatable bonds is 3. The highest BCUT2D eigenvalue weighted by molar-refractivity contribution is 6.34. The fraction of sp³-hybridized carbons (Fsp3) is 0.0909. The van der Waals surface area contributed by atoms with Crippen LogP contribution in [0.5, 0.6) is 0 Å². The second-order valence-electron chi connectivity index (χ2n) is 3.35. The molecule has 92 valence electrons. The third-order valence-electron chi connectivity index (χ3n) is 2.10. The van der Waals surface area contributed by atoms with E-state index in [4.69, 9.17) is 23.2 Å². The molecular weight excluding hydrogens is 275 g/mol. The molecule has 5 nitrogen and oxygen atoms in total. The van der Waals surface area contributed by atoms with Crippen LogP contribution in [0.25, 0.3) is 0 Å². The Morgan fingerprint density at radius 1 is 1.28 bits per heavy atom. The molecule has 2 rings (SSSR count). The lowest BCUT2D eigenvalue weighted by atomic mass is 10.3. The van der Waals surface area contributed by atoms with Crippen LogP contribution in [0.3, 0.4) is 0 Å². The van der Waals surface area contributed by atoms with Crippen LogP contribution in [0, 0.1) is 0 Å². The first-order valence-corrected chi connectivity index (χ1v) is 5.77. The van der Waals surface area contributed by atoms with Crippen molar-refractivity contribution in [1.82, 2.24) is 20.3 Å². The molecule has 7 heteroatoms. The van der Waals surface area contributed by atoms with Gasteiger partial charge >= 0.3 is 0 Å². The lowest BCUT2D eigenvalue weighted by Gasteiger charge is -2.05. The van der Waals surface area contributed by atoms with E-state index < -0.39 is 5.91 Å². The van der Waals surface area contributed by atoms with Gasteiger partial charge in [-0.2, -0.15) is 0 Å². The van der Waals surface area contributed by atoms with Gasteiger partial charge in [-0.3, -0.25) is 4.79 Å². The molecule has 0 fully saturated rings. The Balaban J connectivity index is 2.06. The first kappa shape index (κ1) is 12.7. The second kappa shape index (κ2) is 5.75. The molecule has 1 N–H and O–H groups in total. The summed E-state index contributed by atoms with van der Waals surface area (Å²) < 4.78 is 0. The van der Waals surface area contributed by atoms with E-state index in [1.165, 1.54) is 18.5 Å². The zero-order valence-electron chi connectivity index (χ0n) is 9.10. The minimum absolute atomic E-state index is 0.0956. The Bertz CT molecular complexity index is 562. The fourth-order valence-electron chi connectivity index (χ4n) is 1.25. The molecule has 0 bridgehead atoms. The molecule has 2 aromatic rings. The summed E-state index contributed by atoms with van der Waals surface area (Å²) in [7, 11) is 0. The maximum absolute atomic E-state index is 11.8. The van der Waals surface area contributed by atoms with Gasteiger partial charge in [0.05, 0.1) is 17.3 Å². The number of pyridine rings is 1. The number of halogens is 2. The van der Waals surface area contributed by atoms with Gasteiger partial charge in [-0.1, -0.05) is 23.2 Å². The third-order valence-corrected chi connectivity index (χ3v) is 2.62. The maximum Gasteiger partial charge on any atom is 0.271 e. The summed E-state index contributed by atoms with van der Waals surface area (Å²) in [5.74, 6) is -0.402. The Kier molecular flexibility index (Phi) is 4.07. The fourth-order valence-corrected chi connectivity index (χ4v) is 1.59. The molecule has 2 heterocycles. The molecule has 0 radical (unpaired) electrons. The first-order valence-electron chi connectivity index (χ1n) is 5.02. The van der Waals surface area contributed by atoms with Crippen LogP contribution in [0.1, 0.15) is 16.2 Å². The number of hydrogen-bond donors (Lipinski definition) is 1. The summed E-state index contributed by atoms with van der Waals surface area (Å²) in [5, 5.41) is 3.11. The number of carbonyl (C=O) groups is 1. The van der Waals surface area contributed by atoms with E-state index in [2.05, 4.69) is 20.3 Å². The zero-order valence-corrected chi connectivity index (χ0v) is 10.6. The summed E-state index contributed by atoms with van der Waals surface area (Å²) in [6, 6.07) is 4.74. The topological polar surface area (TPSA) is 67.8 Å². The van der Waals surface area contributed by atoms with E-state index in [9.17, 15) is 4.79 Å². The molecular formula is C11H8Cl2N4O. The summed E-state index contributed by atoms with van der Waals surface area (Å²) in [6.07, 6.45) is 3.01. The first-order chi connectivity index (χ1) is 8.66. The maximum atomic E-state index is 11.8. The van der Waals surface area contributed by atoms with E-state index >= 15 is 0 Å². The molecule has 0 aromatic carbocycles. The number of nitrogens with one attached hydrogen (secondary N) is 1. The lowest BCUT2D eigenvalue weighted by Crippen LogP contribution is -2.24. The van der Waals surface area contributed by atoms with Crippen molar-refractivity contribution in [2.24, 2.45) is 0 Å². The highest BCUT2D eigenvalue weighted by Gasteiger charge is 2.12. The van der Waals surface area contributed by atoms with Crippen molar-refractivity contribution in [2.45, 2.75) is 6.54 Å². The quantitative estimate of drug-likeness (QED) is 0.876. The van der Waals surface area contributed by atoms with Crippen LogP contribution >= 0.6 is 23.2 Å². The van der Waals surface area contributed by atoms with E-state index in [0.29, 0.717) is 5.69 Å². The lowest BCUT2D eigenvalue weighted by molar-refractivity contribution is 0.0945. The summed E-state index contributed by atoms with van der Waals surface area (Å²) >= 11 is 11.6. The van der Waals surface area contributed by atoms with Crippen LogP contribution in [0.2, 0.25) is 10.2 Å². The van der Waals surface area contributed by atoms with Crippen LogP contribution in [-0.2, 0) is 6.54 Å². The molecule has 0 aliphatic carbocycles. The summed E-state index contributed by atoms with van der Waals surface area (Å²) in [5.41, 5.74) is 0.787. The average molecular weight is 283 g/mol. The minimum atomic E-state index is -0.402. The predicted octanol–water partition coefficient (Wildman–Crippen LogP) is 2.11. The van der Waals surface area contributed by atoms with Gasteiger partial charge in [0, 0.05) is 6.20 Å². The monoisotopic (exact) mass is 282 g/mol. The van der Waals surface area contributed by atoms with Gasteiger partial charge in [-0.05, 0) is 18.2 Å². The molecule has 0 aliphatic heterocycles. The van der Waals surface area contributed by atoms with E-state index in [-0.39, 0.29) is 22.4 Å². The molecule has 0 spiro atoms. The standard InChI is InChI=1S/C11H8Cl2N4O/c12-8-1-2-9(13)17-10(8)11(18)15-5-7-3-4-14-6-16-7/h1-4,6H,5H2,(H,15,18). The normalized spacial score (nSPS) is 10.1. The zero-order chi connectivity index (χ0) is 13.0. The Labute approximate surface area is 113 Å². The smallest absolute Gasteiger partial charge is 0.271 e. The number of hydrogen-bond acceptors (Lipinski definition) is 4. The van der Waals surface area contributed by atoms with Gasteiger partial charge < -0.3 is 5.32 Å². The Morgan fingerprint density at radius 3 is 2.83 bits per heavy atom. The molecule has 1 amide bonds. The van der Waals surface area contributed by atoms with Gasteiger partial charge in [0.2, 0.25) is 0 Å². The van der Waals surface area contributed by atoms with Gasteiger partial charge in [0.1, 0.15) is 17.2 Å². The van der Waals surface area contributed by atoms with Crippen molar-refractivity contribution >= 4 is 29.1 Å². The van der Waals surface area contributed by atoms with Crippen LogP contribution in [0.4, 0.5) is 0 Å². The van der Waals surface area contributed by atoms with Crippen molar-refractivity contribution in [2.75, 3.05) is 0 Å². The van der Waals surface area contributed by atoms with Crippen LogP contribution < -0.4 is 5.32 Å². The molecule has 0 atom stereocenters. The third kappa shape index (κ3) is 3.15. The minimum Gasteiger partial charge on any atom is -0.345 e. The van der Waals surface area contributed by atoms with E-state index in [0.717, 1.165) is 0 Å². The van der Waals surface area contributed by atoms with Crippen molar-refractivity contribution in [3.05, 3.63) is 52.3 Å². The molecule has 18 heavy (non-hydrogen) atoms. The largest absolute Gasteiger partial charge is 0.345 e. The molecule has 0 saturated carbocycles. The predicted molar refractivity (Wildman–Crippen MR) is 67.5 cm³/mol. The SMILES string of the molecule is O=C(NCc1ccncn1)c1nc(Cl)ccc1Cl. The molecule has 2 aromatic heterocycles. The summed E-state index contributed by atoms with van der Waals surface area (Å²) in [4.78, 5) is 23.5. The second-order valence-corrected chi connectivity index (χ2v) is 4.14. The van der Waals surface area contributed by atoms with Crippen LogP contribution in [-0.4, -0.2) is 20.9 Å². The number of aromatic nitrogens is 3. The van der Waals surface area contributed by atoms with Gasteiger partial charge in [0.25, 0.3) is 5.91 Å². The molecule has 0 unspecified atom stereocenters. The van der Waals surface area contributed by atoms with E-state index in [1.807, 2.05) is 0 Å². The average Bonchev–Trinajstić information content (AvgIpc) is 2.40. The summed E-state index contributed by atoms with van der Waals surface area (Å²) in [6.45, 7) is 0.270. The van der Waals surface area contributed by atoms with Crippen molar-refractivity contribution in [3.8, 4) is 0 Å². The highest BCUT2D eigenvalue weighted by atomic mass is 35.5. The van der Waals surface area contributed by atoms with E-state index in [1.54, 1.807) is 12.3 Å². The number of nitrogens with zero attached hydrogens (tertiary/aromatic N) is 3. The van der Waals surface area contributed by atoms with Gasteiger partial charge in [-0.25, -0.2) is 15.0 Å². The van der Waals surface area contributed by atoms with Crippen molar-refractivity contribution in [1.29, 1.82) is 0 Å². The Hall–Kier alpha value is -1.72. The molecule has 0 saturated heterocycles. The van der Waals surface area contributed by atoms with Crippen molar-refractivity contribution in [3.63, 3.8) is 0 Å². The highest BCUT2D eigenvalue weighted by Crippen LogP contribution is 2.16. The Morgan fingerprint density at radius 2 is 2.11 bits per heavy atom. The molecule has 0 aliphatic rings. The van der Waals surface area contributed by atoms with Gasteiger partial charge in [0.15, 0.2) is 0 Å². The van der Waals surface area contributed by atoms with Crippen molar-refractivity contribution < 1.29 is 4.79 Å². The number of amides is 1. The number of carbonyl (C=O) groups excluding carboxylic acids is 1. The van der Waals surface area contributed by atoms with Gasteiger partial charge in [-0.15, -0.1) is 0 Å². The van der Waals surface area contributed by atoms with Crippen LogP contribution in [0.15, 0.2) is 30.7 Å².